The highest BCUT2D eigenvalue weighted by molar-refractivity contribution is 6.01. The van der Waals surface area contributed by atoms with Crippen molar-refractivity contribution < 1.29 is 10.3 Å². The summed E-state index contributed by atoms with van der Waals surface area (Å²) in [6.45, 7) is 0. The molecule has 142 valence electrons. The molecule has 0 bridgehead atoms. The first-order valence-corrected chi connectivity index (χ1v) is 9.23. The molecule has 0 aromatic heterocycles. The van der Waals surface area contributed by atoms with Crippen LogP contribution in [0.4, 0.5) is 0 Å². The van der Waals surface area contributed by atoms with Crippen LogP contribution < -0.4 is 5.73 Å². The van der Waals surface area contributed by atoms with Crippen molar-refractivity contribution in [3.8, 4) is 39.1 Å². The van der Waals surface area contributed by atoms with Crippen molar-refractivity contribution in [3.05, 3.63) is 103 Å². The van der Waals surface area contributed by atoms with Gasteiger partial charge in [-0.3, -0.25) is 0 Å². The second-order valence-corrected chi connectivity index (χ2v) is 6.71. The van der Waals surface area contributed by atoms with Crippen LogP contribution in [-0.4, -0.2) is 16.1 Å². The van der Waals surface area contributed by atoms with Gasteiger partial charge in [0.1, 0.15) is 5.75 Å². The van der Waals surface area contributed by atoms with Crippen molar-refractivity contribution >= 4 is 5.84 Å². The lowest BCUT2D eigenvalue weighted by molar-refractivity contribution is 0.318. The summed E-state index contributed by atoms with van der Waals surface area (Å²) in [5, 5.41) is 22.2. The Bertz CT molecular complexity index is 1170. The normalized spacial score (nSPS) is 11.4. The first-order chi connectivity index (χ1) is 14.2. The molecule has 0 atom stereocenters. The summed E-state index contributed by atoms with van der Waals surface area (Å²) in [6, 6.07) is 31.7. The summed E-state index contributed by atoms with van der Waals surface area (Å²) in [7, 11) is 0. The highest BCUT2D eigenvalue weighted by atomic mass is 16.4. The lowest BCUT2D eigenvalue weighted by Gasteiger charge is -2.14. The molecule has 4 aromatic rings. The van der Waals surface area contributed by atoms with Gasteiger partial charge in [0.2, 0.25) is 0 Å². The maximum absolute atomic E-state index is 10.1. The fraction of sp³-hybridized carbons (Fsp3) is 0. The van der Waals surface area contributed by atoms with Gasteiger partial charge in [0.05, 0.1) is 5.56 Å². The minimum Gasteiger partial charge on any atom is -0.507 e. The molecule has 0 amide bonds. The van der Waals surface area contributed by atoms with Gasteiger partial charge < -0.3 is 16.0 Å². The molecule has 0 radical (unpaired) electrons. The number of phenols is 1. The Balaban J connectivity index is 1.95. The number of amidine groups is 1. The summed E-state index contributed by atoms with van der Waals surface area (Å²) in [5.74, 6) is -0.172. The molecule has 4 heteroatoms. The molecule has 0 heterocycles. The van der Waals surface area contributed by atoms with E-state index in [9.17, 15) is 5.11 Å². The summed E-state index contributed by atoms with van der Waals surface area (Å²) in [4.78, 5) is 0. The van der Waals surface area contributed by atoms with E-state index >= 15 is 0 Å². The van der Waals surface area contributed by atoms with Gasteiger partial charge in [0, 0.05) is 0 Å². The molecular formula is C25H20N2O2. The molecule has 4 N–H and O–H groups in total. The van der Waals surface area contributed by atoms with E-state index in [-0.39, 0.29) is 17.1 Å². The molecule has 0 aliphatic rings. The molecule has 0 aliphatic carbocycles. The summed E-state index contributed by atoms with van der Waals surface area (Å²) in [5.41, 5.74) is 12.2. The van der Waals surface area contributed by atoms with Crippen LogP contribution in [0, 0.1) is 0 Å². The smallest absolute Gasteiger partial charge is 0.173 e. The first kappa shape index (κ1) is 18.3. The number of benzene rings is 4. The van der Waals surface area contributed by atoms with E-state index in [0.717, 1.165) is 33.4 Å². The van der Waals surface area contributed by atoms with Gasteiger partial charge in [-0.15, -0.1) is 0 Å². The highest BCUT2D eigenvalue weighted by Crippen LogP contribution is 2.37. The van der Waals surface area contributed by atoms with Gasteiger partial charge >= 0.3 is 0 Å². The van der Waals surface area contributed by atoms with E-state index in [2.05, 4.69) is 47.6 Å². The Morgan fingerprint density at radius 2 is 1.24 bits per heavy atom. The zero-order chi connectivity index (χ0) is 20.2. The Labute approximate surface area is 169 Å². The third kappa shape index (κ3) is 3.69. The standard InChI is InChI=1S/C25H20N2O2/c26-25(27-29)23-16-20(12-14-24(23)28)22-15-19(17-7-3-1-4-8-17)11-13-21(22)18-9-5-2-6-10-18/h1-16,28-29H,(H2,26,27). The van der Waals surface area contributed by atoms with Gasteiger partial charge in [0.25, 0.3) is 0 Å². The van der Waals surface area contributed by atoms with Crippen LogP contribution in [-0.2, 0) is 0 Å². The molecule has 4 aromatic carbocycles. The number of phenolic OH excluding ortho intramolecular Hbond substituents is 1. The van der Waals surface area contributed by atoms with Crippen LogP contribution >= 0.6 is 0 Å². The van der Waals surface area contributed by atoms with Gasteiger partial charge in [0.15, 0.2) is 5.84 Å². The number of hydrogen-bond donors (Lipinski definition) is 3. The maximum atomic E-state index is 10.1. The molecule has 4 rings (SSSR count). The topological polar surface area (TPSA) is 78.8 Å². The Kier molecular flexibility index (Phi) is 4.99. The van der Waals surface area contributed by atoms with Crippen LogP contribution in [0.5, 0.6) is 5.75 Å². The van der Waals surface area contributed by atoms with E-state index in [1.807, 2.05) is 42.5 Å². The van der Waals surface area contributed by atoms with Crippen molar-refractivity contribution in [2.45, 2.75) is 0 Å². The lowest BCUT2D eigenvalue weighted by atomic mass is 9.90. The average Bonchev–Trinajstić information content (AvgIpc) is 2.79. The molecule has 0 aliphatic heterocycles. The van der Waals surface area contributed by atoms with E-state index in [1.165, 1.54) is 0 Å². The van der Waals surface area contributed by atoms with Gasteiger partial charge in [-0.25, -0.2) is 0 Å². The number of oxime groups is 1. The van der Waals surface area contributed by atoms with Gasteiger partial charge in [-0.05, 0) is 51.6 Å². The highest BCUT2D eigenvalue weighted by Gasteiger charge is 2.13. The second-order valence-electron chi connectivity index (χ2n) is 6.71. The number of aromatic hydroxyl groups is 1. The largest absolute Gasteiger partial charge is 0.507 e. The summed E-state index contributed by atoms with van der Waals surface area (Å²) >= 11 is 0. The van der Waals surface area contributed by atoms with Crippen molar-refractivity contribution in [1.82, 2.24) is 0 Å². The lowest BCUT2D eigenvalue weighted by Crippen LogP contribution is -2.13. The fourth-order valence-electron chi connectivity index (χ4n) is 3.43. The van der Waals surface area contributed by atoms with Crippen molar-refractivity contribution in [1.29, 1.82) is 0 Å². The molecule has 0 saturated carbocycles. The Hall–Kier alpha value is -4.05. The molecular weight excluding hydrogens is 360 g/mol. The summed E-state index contributed by atoms with van der Waals surface area (Å²) < 4.78 is 0. The predicted molar refractivity (Wildman–Crippen MR) is 117 cm³/mol. The number of nitrogens with zero attached hydrogens (tertiary/aromatic N) is 1. The third-order valence-corrected chi connectivity index (χ3v) is 4.90. The minimum atomic E-state index is -0.134. The molecule has 0 saturated heterocycles. The van der Waals surface area contributed by atoms with Crippen molar-refractivity contribution in [3.63, 3.8) is 0 Å². The van der Waals surface area contributed by atoms with Crippen LogP contribution in [0.1, 0.15) is 5.56 Å². The fourth-order valence-corrected chi connectivity index (χ4v) is 3.43. The Morgan fingerprint density at radius 3 is 1.90 bits per heavy atom. The number of rotatable bonds is 4. The Morgan fingerprint density at radius 1 is 0.621 bits per heavy atom. The quantitative estimate of drug-likeness (QED) is 0.190. The van der Waals surface area contributed by atoms with Crippen LogP contribution in [0.15, 0.2) is 102 Å². The van der Waals surface area contributed by atoms with Crippen LogP contribution in [0.25, 0.3) is 33.4 Å². The molecule has 29 heavy (non-hydrogen) atoms. The molecule has 0 fully saturated rings. The van der Waals surface area contributed by atoms with E-state index in [1.54, 1.807) is 12.1 Å². The molecule has 0 unspecified atom stereocenters. The monoisotopic (exact) mass is 380 g/mol. The molecule has 4 nitrogen and oxygen atoms in total. The van der Waals surface area contributed by atoms with Crippen LogP contribution in [0.3, 0.4) is 0 Å². The number of hydrogen-bond acceptors (Lipinski definition) is 3. The average molecular weight is 380 g/mol. The van der Waals surface area contributed by atoms with E-state index < -0.39 is 0 Å². The molecule has 0 spiro atoms. The van der Waals surface area contributed by atoms with Gasteiger partial charge in [-0.1, -0.05) is 84.0 Å². The SMILES string of the molecule is N/C(=N\O)c1cc(-c2cc(-c3ccccc3)ccc2-c2ccccc2)ccc1O. The second kappa shape index (κ2) is 7.90. The third-order valence-electron chi connectivity index (χ3n) is 4.90. The zero-order valence-electron chi connectivity index (χ0n) is 15.7. The van der Waals surface area contributed by atoms with Crippen molar-refractivity contribution in [2.75, 3.05) is 0 Å². The van der Waals surface area contributed by atoms with E-state index in [0.29, 0.717) is 0 Å². The first-order valence-electron chi connectivity index (χ1n) is 9.23. The zero-order valence-corrected chi connectivity index (χ0v) is 15.7. The predicted octanol–water partition coefficient (Wildman–Crippen LogP) is 5.49. The number of nitrogens with two attached hydrogens (primary N) is 1. The van der Waals surface area contributed by atoms with Gasteiger partial charge in [-0.2, -0.15) is 0 Å². The maximum Gasteiger partial charge on any atom is 0.173 e. The van der Waals surface area contributed by atoms with Crippen LogP contribution in [0.2, 0.25) is 0 Å². The summed E-state index contributed by atoms with van der Waals surface area (Å²) in [6.07, 6.45) is 0. The minimum absolute atomic E-state index is 0.0375. The van der Waals surface area contributed by atoms with E-state index in [4.69, 9.17) is 10.9 Å². The van der Waals surface area contributed by atoms with Crippen molar-refractivity contribution in [2.24, 2.45) is 10.9 Å².